The summed E-state index contributed by atoms with van der Waals surface area (Å²) in [7, 11) is -3.72. The van der Waals surface area contributed by atoms with E-state index in [1.54, 1.807) is 13.8 Å². The number of hydrogen-bond acceptors (Lipinski definition) is 4. The third-order valence-corrected chi connectivity index (χ3v) is 5.43. The van der Waals surface area contributed by atoms with Crippen LogP contribution in [0.2, 0.25) is 0 Å². The predicted molar refractivity (Wildman–Crippen MR) is 86.0 cm³/mol. The molecule has 1 aromatic carbocycles. The molecule has 1 N–H and O–H groups in total. The van der Waals surface area contributed by atoms with Crippen molar-refractivity contribution in [2.24, 2.45) is 0 Å². The molecule has 0 saturated heterocycles. The van der Waals surface area contributed by atoms with Crippen LogP contribution in [0.5, 0.6) is 0 Å². The molecule has 0 saturated carbocycles. The molecule has 0 spiro atoms. The van der Waals surface area contributed by atoms with Crippen molar-refractivity contribution < 1.29 is 13.3 Å². The molecule has 8 heteroatoms. The number of alkyl halides is 1. The van der Waals surface area contributed by atoms with Crippen LogP contribution >= 0.6 is 22.6 Å². The van der Waals surface area contributed by atoms with E-state index in [1.807, 2.05) is 0 Å². The highest BCUT2D eigenvalue weighted by molar-refractivity contribution is 14.1. The molecule has 0 fully saturated rings. The first-order valence-electron chi connectivity index (χ1n) is 6.03. The van der Waals surface area contributed by atoms with Gasteiger partial charge in [0.1, 0.15) is 0 Å². The second kappa shape index (κ2) is 6.81. The molecule has 20 heavy (non-hydrogen) atoms. The largest absolute Gasteiger partial charge is 0.276 e. The van der Waals surface area contributed by atoms with Crippen LogP contribution < -0.4 is 4.72 Å². The van der Waals surface area contributed by atoms with Gasteiger partial charge in [0.15, 0.2) is 0 Å². The highest BCUT2D eigenvalue weighted by Gasteiger charge is 2.27. The van der Waals surface area contributed by atoms with Crippen LogP contribution in [0.25, 0.3) is 0 Å². The zero-order valence-electron chi connectivity index (χ0n) is 11.6. The lowest BCUT2D eigenvalue weighted by Crippen LogP contribution is -2.26. The number of nitro groups is 1. The smallest absolute Gasteiger partial charge is 0.258 e. The van der Waals surface area contributed by atoms with Gasteiger partial charge in [-0.3, -0.25) is 10.1 Å². The number of rotatable bonds is 6. The Kier molecular flexibility index (Phi) is 5.90. The summed E-state index contributed by atoms with van der Waals surface area (Å²) in [6, 6.07) is 1.54. The number of hydrogen-bond donors (Lipinski definition) is 1. The highest BCUT2D eigenvalue weighted by Crippen LogP contribution is 2.31. The topological polar surface area (TPSA) is 89.3 Å². The van der Waals surface area contributed by atoms with E-state index in [4.69, 9.17) is 0 Å². The minimum absolute atomic E-state index is 0.0169. The van der Waals surface area contributed by atoms with Gasteiger partial charge in [-0.15, -0.1) is 0 Å². The summed E-state index contributed by atoms with van der Waals surface area (Å²) >= 11 is 2.16. The van der Waals surface area contributed by atoms with Crippen LogP contribution in [0.15, 0.2) is 11.0 Å². The first-order valence-corrected chi connectivity index (χ1v) is 9.04. The first-order chi connectivity index (χ1) is 9.22. The number of halogens is 1. The maximum Gasteiger partial charge on any atom is 0.276 e. The molecule has 6 nitrogen and oxygen atoms in total. The molecular weight excluding hydrogens is 395 g/mol. The molecule has 112 valence electrons. The van der Waals surface area contributed by atoms with E-state index in [0.717, 1.165) is 4.43 Å². The monoisotopic (exact) mass is 412 g/mol. The molecule has 0 amide bonds. The molecule has 0 aliphatic carbocycles. The Balaban J connectivity index is 3.38. The second-order valence-corrected chi connectivity index (χ2v) is 7.29. The summed E-state index contributed by atoms with van der Waals surface area (Å²) in [4.78, 5) is 10.6. The number of nitrogens with one attached hydrogen (secondary N) is 1. The molecule has 0 heterocycles. The second-order valence-electron chi connectivity index (χ2n) is 4.51. The van der Waals surface area contributed by atoms with Crippen LogP contribution in [0.4, 0.5) is 5.69 Å². The molecule has 0 radical (unpaired) electrons. The summed E-state index contributed by atoms with van der Waals surface area (Å²) in [6.45, 7) is 5.06. The van der Waals surface area contributed by atoms with Gasteiger partial charge >= 0.3 is 0 Å². The van der Waals surface area contributed by atoms with Gasteiger partial charge in [-0.05, 0) is 38.8 Å². The quantitative estimate of drug-likeness (QED) is 0.256. The van der Waals surface area contributed by atoms with Gasteiger partial charge in [-0.1, -0.05) is 22.6 Å². The number of sulfonamides is 1. The fourth-order valence-electron chi connectivity index (χ4n) is 2.20. The maximum absolute atomic E-state index is 12.3. The van der Waals surface area contributed by atoms with Crippen molar-refractivity contribution in [1.82, 2.24) is 4.72 Å². The Bertz CT molecular complexity index is 629. The molecule has 0 aliphatic heterocycles. The van der Waals surface area contributed by atoms with Crippen molar-refractivity contribution in [3.63, 3.8) is 0 Å². The molecule has 1 rings (SSSR count). The Morgan fingerprint density at radius 3 is 2.40 bits per heavy atom. The summed E-state index contributed by atoms with van der Waals surface area (Å²) in [5, 5.41) is 11.1. The van der Waals surface area contributed by atoms with Crippen molar-refractivity contribution in [3.8, 4) is 0 Å². The number of benzene rings is 1. The van der Waals surface area contributed by atoms with Crippen LogP contribution in [0.1, 0.15) is 23.1 Å². The van der Waals surface area contributed by atoms with E-state index in [2.05, 4.69) is 27.3 Å². The average molecular weight is 412 g/mol. The minimum Gasteiger partial charge on any atom is -0.258 e. The standard InChI is InChI=1S/C12H17IN2O4S/c1-8-7-9(2)12(10(3)11(8)15(16)17)20(18,19)14-6-4-5-13/h7,14H,4-6H2,1-3H3. The summed E-state index contributed by atoms with van der Waals surface area (Å²) < 4.78 is 27.9. The lowest BCUT2D eigenvalue weighted by atomic mass is 10.1. The van der Waals surface area contributed by atoms with Crippen LogP contribution in [0.3, 0.4) is 0 Å². The number of nitro benzene ring substituents is 1. The molecule has 0 aliphatic rings. The molecule has 0 aromatic heterocycles. The van der Waals surface area contributed by atoms with Crippen molar-refractivity contribution in [2.45, 2.75) is 32.1 Å². The van der Waals surface area contributed by atoms with Gasteiger partial charge in [0.2, 0.25) is 10.0 Å². The van der Waals surface area contributed by atoms with Gasteiger partial charge < -0.3 is 0 Å². The van der Waals surface area contributed by atoms with Crippen molar-refractivity contribution in [1.29, 1.82) is 0 Å². The van der Waals surface area contributed by atoms with Gasteiger partial charge in [0, 0.05) is 22.1 Å². The lowest BCUT2D eigenvalue weighted by molar-refractivity contribution is -0.386. The van der Waals surface area contributed by atoms with Crippen molar-refractivity contribution in [2.75, 3.05) is 11.0 Å². The zero-order valence-corrected chi connectivity index (χ0v) is 14.5. The van der Waals surface area contributed by atoms with E-state index in [-0.39, 0.29) is 16.1 Å². The predicted octanol–water partition coefficient (Wildman–Crippen LogP) is 2.62. The van der Waals surface area contributed by atoms with Gasteiger partial charge in [-0.25, -0.2) is 13.1 Å². The van der Waals surface area contributed by atoms with Gasteiger partial charge in [0.25, 0.3) is 5.69 Å². The van der Waals surface area contributed by atoms with E-state index in [0.29, 0.717) is 24.1 Å². The fourth-order valence-corrected chi connectivity index (χ4v) is 4.12. The number of aryl methyl sites for hydroxylation is 2. The SMILES string of the molecule is Cc1cc(C)c(S(=O)(=O)NCCCI)c(C)c1[N+](=O)[O-]. The van der Waals surface area contributed by atoms with E-state index in [1.165, 1.54) is 13.0 Å². The number of nitrogens with zero attached hydrogens (tertiary/aromatic N) is 1. The molecule has 0 atom stereocenters. The summed E-state index contributed by atoms with van der Waals surface area (Å²) in [5.74, 6) is 0. The first kappa shape index (κ1) is 17.3. The molecule has 0 unspecified atom stereocenters. The van der Waals surface area contributed by atoms with E-state index in [9.17, 15) is 18.5 Å². The minimum atomic E-state index is -3.72. The summed E-state index contributed by atoms with van der Waals surface area (Å²) in [5.41, 5.74) is 1.04. The Labute approximate surface area is 132 Å². The van der Waals surface area contributed by atoms with Crippen molar-refractivity contribution in [3.05, 3.63) is 32.9 Å². The van der Waals surface area contributed by atoms with Crippen molar-refractivity contribution >= 4 is 38.3 Å². The van der Waals surface area contributed by atoms with Gasteiger partial charge in [-0.2, -0.15) is 0 Å². The van der Waals surface area contributed by atoms with Gasteiger partial charge in [0.05, 0.1) is 9.82 Å². The molecule has 1 aromatic rings. The fraction of sp³-hybridized carbons (Fsp3) is 0.500. The Hall–Kier alpha value is -0.740. The van der Waals surface area contributed by atoms with Crippen LogP contribution in [-0.4, -0.2) is 24.3 Å². The maximum atomic E-state index is 12.3. The van der Waals surface area contributed by atoms with Crippen LogP contribution in [-0.2, 0) is 10.0 Å². The average Bonchev–Trinajstić information content (AvgIpc) is 2.26. The Morgan fingerprint density at radius 2 is 1.90 bits per heavy atom. The lowest BCUT2D eigenvalue weighted by Gasteiger charge is -2.13. The molecular formula is C12H17IN2O4S. The third-order valence-electron chi connectivity index (χ3n) is 2.91. The van der Waals surface area contributed by atoms with E-state index < -0.39 is 14.9 Å². The summed E-state index contributed by atoms with van der Waals surface area (Å²) in [6.07, 6.45) is 0.714. The Morgan fingerprint density at radius 1 is 1.30 bits per heavy atom. The normalized spacial score (nSPS) is 11.6. The molecule has 0 bridgehead atoms. The highest BCUT2D eigenvalue weighted by atomic mass is 127. The third kappa shape index (κ3) is 3.67. The zero-order chi connectivity index (χ0) is 15.5. The van der Waals surface area contributed by atoms with Crippen LogP contribution in [0, 0.1) is 30.9 Å². The van der Waals surface area contributed by atoms with E-state index >= 15 is 0 Å².